The Morgan fingerprint density at radius 2 is 2.19 bits per heavy atom. The molecule has 7 heteroatoms. The first-order chi connectivity index (χ1) is 9.97. The molecule has 6 nitrogen and oxygen atoms in total. The van der Waals surface area contributed by atoms with Gasteiger partial charge in [-0.25, -0.2) is 4.79 Å². The molecule has 21 heavy (non-hydrogen) atoms. The number of thiophene rings is 1. The number of fused-ring (bicyclic) bond motifs is 1. The van der Waals surface area contributed by atoms with Crippen molar-refractivity contribution < 1.29 is 14.3 Å². The van der Waals surface area contributed by atoms with E-state index < -0.39 is 0 Å². The molecule has 1 aromatic rings. The summed E-state index contributed by atoms with van der Waals surface area (Å²) in [7, 11) is 1.35. The first kappa shape index (κ1) is 15.3. The van der Waals surface area contributed by atoms with Crippen LogP contribution in [0, 0.1) is 17.2 Å². The molecule has 1 aliphatic heterocycles. The second-order valence-electron chi connectivity index (χ2n) is 5.11. The number of amides is 2. The van der Waals surface area contributed by atoms with Gasteiger partial charge in [0.05, 0.1) is 19.2 Å². The van der Waals surface area contributed by atoms with Gasteiger partial charge in [0.1, 0.15) is 11.1 Å². The third kappa shape index (κ3) is 3.00. The molecule has 0 fully saturated rings. The Morgan fingerprint density at radius 1 is 1.48 bits per heavy atom. The second-order valence-corrected chi connectivity index (χ2v) is 6.21. The van der Waals surface area contributed by atoms with Crippen LogP contribution in [0.2, 0.25) is 0 Å². The highest BCUT2D eigenvalue weighted by atomic mass is 32.1. The molecule has 1 aliphatic rings. The fourth-order valence-electron chi connectivity index (χ4n) is 2.15. The minimum atomic E-state index is -0.375. The number of anilines is 1. The molecule has 2 amide bonds. The number of rotatable bonds is 2. The number of nitrogens with zero attached hydrogens (tertiary/aromatic N) is 2. The maximum Gasteiger partial charge on any atom is 0.409 e. The minimum absolute atomic E-state index is 0.116. The van der Waals surface area contributed by atoms with E-state index in [1.54, 1.807) is 18.7 Å². The predicted octanol–water partition coefficient (Wildman–Crippen LogP) is 2.34. The van der Waals surface area contributed by atoms with Crippen molar-refractivity contribution in [3.05, 3.63) is 16.0 Å². The highest BCUT2D eigenvalue weighted by Crippen LogP contribution is 2.36. The number of carbonyl (C=O) groups is 2. The zero-order valence-electron chi connectivity index (χ0n) is 12.2. The van der Waals surface area contributed by atoms with E-state index in [0.717, 1.165) is 10.4 Å². The van der Waals surface area contributed by atoms with Gasteiger partial charge in [-0.15, -0.1) is 11.3 Å². The van der Waals surface area contributed by atoms with Gasteiger partial charge in [0, 0.05) is 17.3 Å². The lowest BCUT2D eigenvalue weighted by molar-refractivity contribution is -0.118. The molecule has 112 valence electrons. The van der Waals surface area contributed by atoms with Gasteiger partial charge in [-0.2, -0.15) is 5.26 Å². The predicted molar refractivity (Wildman–Crippen MR) is 79.0 cm³/mol. The Bertz CT molecular complexity index is 616. The molecule has 0 spiro atoms. The van der Waals surface area contributed by atoms with Crippen LogP contribution in [0.4, 0.5) is 9.80 Å². The molecule has 0 atom stereocenters. The van der Waals surface area contributed by atoms with Crippen molar-refractivity contribution in [1.29, 1.82) is 5.26 Å². The van der Waals surface area contributed by atoms with Crippen LogP contribution in [0.15, 0.2) is 0 Å². The number of methoxy groups -OCH3 is 1. The Kier molecular flexibility index (Phi) is 4.48. The summed E-state index contributed by atoms with van der Waals surface area (Å²) in [6.07, 6.45) is 0.224. The van der Waals surface area contributed by atoms with E-state index in [-0.39, 0.29) is 17.9 Å². The average Bonchev–Trinajstić information content (AvgIpc) is 2.82. The number of hydrogen-bond acceptors (Lipinski definition) is 5. The fraction of sp³-hybridized carbons (Fsp3) is 0.500. The van der Waals surface area contributed by atoms with E-state index in [9.17, 15) is 14.9 Å². The third-order valence-corrected chi connectivity index (χ3v) is 4.49. The molecular weight excluding hydrogens is 290 g/mol. The van der Waals surface area contributed by atoms with Gasteiger partial charge in [0.25, 0.3) is 0 Å². The van der Waals surface area contributed by atoms with Crippen LogP contribution in [0.25, 0.3) is 0 Å². The Morgan fingerprint density at radius 3 is 2.76 bits per heavy atom. The summed E-state index contributed by atoms with van der Waals surface area (Å²) in [5, 5.41) is 12.7. The van der Waals surface area contributed by atoms with Crippen molar-refractivity contribution in [1.82, 2.24) is 4.90 Å². The first-order valence-electron chi connectivity index (χ1n) is 6.66. The normalized spacial score (nSPS) is 13.6. The summed E-state index contributed by atoms with van der Waals surface area (Å²) in [6, 6.07) is 2.17. The summed E-state index contributed by atoms with van der Waals surface area (Å²) in [4.78, 5) is 25.9. The highest BCUT2D eigenvalue weighted by molar-refractivity contribution is 7.16. The van der Waals surface area contributed by atoms with Crippen molar-refractivity contribution in [3.63, 3.8) is 0 Å². The lowest BCUT2D eigenvalue weighted by Gasteiger charge is -2.25. The monoisotopic (exact) mass is 307 g/mol. The van der Waals surface area contributed by atoms with Crippen molar-refractivity contribution >= 4 is 28.3 Å². The van der Waals surface area contributed by atoms with E-state index in [4.69, 9.17) is 4.74 Å². The fourth-order valence-corrected chi connectivity index (χ4v) is 3.37. The first-order valence-corrected chi connectivity index (χ1v) is 7.48. The van der Waals surface area contributed by atoms with Gasteiger partial charge in [-0.05, 0) is 12.0 Å². The topological polar surface area (TPSA) is 82.4 Å². The van der Waals surface area contributed by atoms with Crippen molar-refractivity contribution in [2.24, 2.45) is 5.92 Å². The Balaban J connectivity index is 2.28. The summed E-state index contributed by atoms with van der Waals surface area (Å²) in [5.41, 5.74) is 1.45. The summed E-state index contributed by atoms with van der Waals surface area (Å²) in [5.74, 6) is -0.267. The average molecular weight is 307 g/mol. The lowest BCUT2D eigenvalue weighted by Crippen LogP contribution is -2.35. The van der Waals surface area contributed by atoms with Crippen molar-refractivity contribution in [2.75, 3.05) is 19.0 Å². The second kappa shape index (κ2) is 6.14. The molecule has 0 saturated carbocycles. The molecule has 0 saturated heterocycles. The highest BCUT2D eigenvalue weighted by Gasteiger charge is 2.28. The Hall–Kier alpha value is -2.07. The molecule has 2 heterocycles. The molecule has 0 radical (unpaired) electrons. The van der Waals surface area contributed by atoms with Gasteiger partial charge in [-0.1, -0.05) is 13.8 Å². The van der Waals surface area contributed by atoms with Gasteiger partial charge >= 0.3 is 6.09 Å². The van der Waals surface area contributed by atoms with Crippen molar-refractivity contribution in [3.8, 4) is 6.07 Å². The van der Waals surface area contributed by atoms with E-state index in [1.165, 1.54) is 18.4 Å². The van der Waals surface area contributed by atoms with Gasteiger partial charge in [0.2, 0.25) is 5.91 Å². The zero-order valence-corrected chi connectivity index (χ0v) is 13.0. The third-order valence-electron chi connectivity index (χ3n) is 3.36. The number of nitriles is 1. The zero-order chi connectivity index (χ0) is 15.6. The standard InChI is InChI=1S/C14H17N3O3S/c1-8(2)12(18)16-13-10(6-15)9-4-5-17(14(19)20-3)7-11(9)21-13/h8H,4-5,7H2,1-3H3,(H,16,18). The smallest absolute Gasteiger partial charge is 0.409 e. The van der Waals surface area contributed by atoms with Gasteiger partial charge in [0.15, 0.2) is 0 Å². The molecule has 0 unspecified atom stereocenters. The number of hydrogen-bond donors (Lipinski definition) is 1. The number of carbonyl (C=O) groups excluding carboxylic acids is 2. The largest absolute Gasteiger partial charge is 0.453 e. The van der Waals surface area contributed by atoms with Crippen LogP contribution >= 0.6 is 11.3 Å². The number of ether oxygens (including phenoxy) is 1. The minimum Gasteiger partial charge on any atom is -0.453 e. The van der Waals surface area contributed by atoms with Crippen LogP contribution in [0.3, 0.4) is 0 Å². The van der Waals surface area contributed by atoms with Crippen LogP contribution in [0.1, 0.15) is 29.9 Å². The van der Waals surface area contributed by atoms with Crippen molar-refractivity contribution in [2.45, 2.75) is 26.8 Å². The quantitative estimate of drug-likeness (QED) is 0.909. The van der Waals surface area contributed by atoms with Gasteiger partial charge < -0.3 is 15.0 Å². The molecule has 0 aliphatic carbocycles. The van der Waals surface area contributed by atoms with E-state index in [2.05, 4.69) is 11.4 Å². The summed E-state index contributed by atoms with van der Waals surface area (Å²) < 4.78 is 4.72. The van der Waals surface area contributed by atoms with Gasteiger partial charge in [-0.3, -0.25) is 4.79 Å². The number of nitrogens with one attached hydrogen (secondary N) is 1. The molecule has 1 N–H and O–H groups in total. The maximum atomic E-state index is 11.8. The van der Waals surface area contributed by atoms with E-state index in [1.807, 2.05) is 0 Å². The lowest BCUT2D eigenvalue weighted by atomic mass is 10.0. The molecule has 0 bridgehead atoms. The van der Waals surface area contributed by atoms with Crippen LogP contribution in [-0.4, -0.2) is 30.6 Å². The van der Waals surface area contributed by atoms with E-state index >= 15 is 0 Å². The van der Waals surface area contributed by atoms with Crippen LogP contribution in [-0.2, 0) is 22.5 Å². The summed E-state index contributed by atoms with van der Waals surface area (Å²) >= 11 is 1.36. The molecule has 1 aromatic heterocycles. The van der Waals surface area contributed by atoms with E-state index in [0.29, 0.717) is 30.1 Å². The molecule has 2 rings (SSSR count). The molecule has 0 aromatic carbocycles. The molecular formula is C14H17N3O3S. The maximum absolute atomic E-state index is 11.8. The summed E-state index contributed by atoms with van der Waals surface area (Å²) in [6.45, 7) is 4.53. The van der Waals surface area contributed by atoms with Crippen LogP contribution < -0.4 is 5.32 Å². The Labute approximate surface area is 127 Å². The SMILES string of the molecule is COC(=O)N1CCc2c(sc(NC(=O)C(C)C)c2C#N)C1. The van der Waals surface area contributed by atoms with Crippen LogP contribution in [0.5, 0.6) is 0 Å².